The molecule has 2 aromatic heterocycles. The molecule has 1 aliphatic rings. The minimum Gasteiger partial charge on any atom is -0.472 e. The van der Waals surface area contributed by atoms with Gasteiger partial charge in [-0.3, -0.25) is 9.59 Å². The Morgan fingerprint density at radius 1 is 1.30 bits per heavy atom. The highest BCUT2D eigenvalue weighted by molar-refractivity contribution is 7.07. The first kappa shape index (κ1) is 15.8. The maximum absolute atomic E-state index is 12.2. The molecule has 3 heterocycles. The van der Waals surface area contributed by atoms with Crippen LogP contribution < -0.4 is 5.32 Å². The second-order valence-corrected chi connectivity index (χ2v) is 6.64. The van der Waals surface area contributed by atoms with E-state index in [0.717, 1.165) is 31.5 Å². The summed E-state index contributed by atoms with van der Waals surface area (Å²) >= 11 is 1.61. The topological polar surface area (TPSA) is 62.6 Å². The van der Waals surface area contributed by atoms with Crippen LogP contribution in [0.25, 0.3) is 0 Å². The van der Waals surface area contributed by atoms with E-state index in [9.17, 15) is 9.59 Å². The lowest BCUT2D eigenvalue weighted by atomic mass is 9.96. The van der Waals surface area contributed by atoms with E-state index in [4.69, 9.17) is 4.42 Å². The van der Waals surface area contributed by atoms with Gasteiger partial charge in [-0.2, -0.15) is 11.3 Å². The Morgan fingerprint density at radius 2 is 2.13 bits per heavy atom. The first-order valence-corrected chi connectivity index (χ1v) is 8.76. The van der Waals surface area contributed by atoms with E-state index in [0.29, 0.717) is 24.4 Å². The lowest BCUT2D eigenvalue weighted by Gasteiger charge is -2.31. The molecular weight excluding hydrogens is 312 g/mol. The van der Waals surface area contributed by atoms with Crippen molar-refractivity contribution in [3.63, 3.8) is 0 Å². The Morgan fingerprint density at radius 3 is 2.78 bits per heavy atom. The van der Waals surface area contributed by atoms with Gasteiger partial charge in [0, 0.05) is 19.6 Å². The monoisotopic (exact) mass is 332 g/mol. The number of piperidine rings is 1. The molecule has 0 bridgehead atoms. The van der Waals surface area contributed by atoms with Crippen LogP contribution >= 0.6 is 11.3 Å². The van der Waals surface area contributed by atoms with Crippen molar-refractivity contribution in [2.75, 3.05) is 19.6 Å². The predicted octanol–water partition coefficient (Wildman–Crippen LogP) is 2.55. The Hall–Kier alpha value is -2.08. The molecular formula is C17H20N2O3S. The molecule has 2 aromatic rings. The van der Waals surface area contributed by atoms with Crippen LogP contribution in [0.5, 0.6) is 0 Å². The van der Waals surface area contributed by atoms with Crippen molar-refractivity contribution in [3.05, 3.63) is 46.5 Å². The SMILES string of the molecule is O=C(Cc1ccsc1)NCC1CCN(C(=O)c2ccoc2)CC1. The number of amides is 2. The lowest BCUT2D eigenvalue weighted by molar-refractivity contribution is -0.120. The van der Waals surface area contributed by atoms with Gasteiger partial charge in [-0.1, -0.05) is 0 Å². The number of thiophene rings is 1. The minimum absolute atomic E-state index is 0.0266. The number of likely N-dealkylation sites (tertiary alicyclic amines) is 1. The summed E-state index contributed by atoms with van der Waals surface area (Å²) in [6.45, 7) is 2.15. The van der Waals surface area contributed by atoms with Crippen LogP contribution in [0.15, 0.2) is 39.8 Å². The third kappa shape index (κ3) is 4.22. The Kier molecular flexibility index (Phi) is 5.12. The van der Waals surface area contributed by atoms with E-state index in [1.807, 2.05) is 21.7 Å². The van der Waals surface area contributed by atoms with Gasteiger partial charge in [-0.15, -0.1) is 0 Å². The maximum atomic E-state index is 12.2. The normalized spacial score (nSPS) is 15.6. The van der Waals surface area contributed by atoms with Gasteiger partial charge in [0.1, 0.15) is 6.26 Å². The molecule has 0 spiro atoms. The van der Waals surface area contributed by atoms with Crippen LogP contribution in [-0.4, -0.2) is 36.3 Å². The van der Waals surface area contributed by atoms with E-state index in [1.165, 1.54) is 12.5 Å². The van der Waals surface area contributed by atoms with Gasteiger partial charge in [0.25, 0.3) is 5.91 Å². The van der Waals surface area contributed by atoms with E-state index in [-0.39, 0.29) is 11.8 Å². The highest BCUT2D eigenvalue weighted by Crippen LogP contribution is 2.18. The average Bonchev–Trinajstić information content (AvgIpc) is 3.26. The van der Waals surface area contributed by atoms with Crippen molar-refractivity contribution in [1.29, 1.82) is 0 Å². The second kappa shape index (κ2) is 7.46. The van der Waals surface area contributed by atoms with Crippen LogP contribution in [0.4, 0.5) is 0 Å². The molecule has 0 saturated carbocycles. The van der Waals surface area contributed by atoms with E-state index >= 15 is 0 Å². The summed E-state index contributed by atoms with van der Waals surface area (Å²) in [5.41, 5.74) is 1.67. The number of hydrogen-bond acceptors (Lipinski definition) is 4. The molecule has 23 heavy (non-hydrogen) atoms. The molecule has 0 atom stereocenters. The van der Waals surface area contributed by atoms with Gasteiger partial charge in [-0.25, -0.2) is 0 Å². The Labute approximate surface area is 139 Å². The van der Waals surface area contributed by atoms with Crippen molar-refractivity contribution in [1.82, 2.24) is 10.2 Å². The molecule has 1 saturated heterocycles. The number of nitrogens with one attached hydrogen (secondary N) is 1. The highest BCUT2D eigenvalue weighted by atomic mass is 32.1. The zero-order chi connectivity index (χ0) is 16.1. The standard InChI is InChI=1S/C17H20N2O3S/c20-16(9-14-4-8-23-12-14)18-10-13-1-5-19(6-2-13)17(21)15-3-7-22-11-15/h3-4,7-8,11-13H,1-2,5-6,9-10H2,(H,18,20). The van der Waals surface area contributed by atoms with Gasteiger partial charge < -0.3 is 14.6 Å². The summed E-state index contributed by atoms with van der Waals surface area (Å²) in [6, 6.07) is 3.67. The molecule has 0 aromatic carbocycles. The van der Waals surface area contributed by atoms with E-state index < -0.39 is 0 Å². The van der Waals surface area contributed by atoms with Crippen molar-refractivity contribution in [3.8, 4) is 0 Å². The quantitative estimate of drug-likeness (QED) is 0.915. The van der Waals surface area contributed by atoms with Gasteiger partial charge in [-0.05, 0) is 47.2 Å². The largest absolute Gasteiger partial charge is 0.472 e. The van der Waals surface area contributed by atoms with Crippen molar-refractivity contribution in [2.24, 2.45) is 5.92 Å². The van der Waals surface area contributed by atoms with Crippen LogP contribution in [0.3, 0.4) is 0 Å². The number of furan rings is 1. The van der Waals surface area contributed by atoms with Crippen molar-refractivity contribution in [2.45, 2.75) is 19.3 Å². The number of rotatable bonds is 5. The Bertz CT molecular complexity index is 629. The van der Waals surface area contributed by atoms with Crippen molar-refractivity contribution < 1.29 is 14.0 Å². The summed E-state index contributed by atoms with van der Waals surface area (Å²) in [6.07, 6.45) is 5.29. The molecule has 0 unspecified atom stereocenters. The summed E-state index contributed by atoms with van der Waals surface area (Å²) in [5, 5.41) is 6.99. The third-order valence-corrected chi connectivity index (χ3v) is 4.93. The molecule has 1 aliphatic heterocycles. The fraction of sp³-hybridized carbons (Fsp3) is 0.412. The predicted molar refractivity (Wildman–Crippen MR) is 88.4 cm³/mol. The first-order valence-electron chi connectivity index (χ1n) is 7.81. The highest BCUT2D eigenvalue weighted by Gasteiger charge is 2.24. The van der Waals surface area contributed by atoms with Crippen LogP contribution in [0, 0.1) is 5.92 Å². The van der Waals surface area contributed by atoms with E-state index in [1.54, 1.807) is 17.4 Å². The molecule has 3 rings (SSSR count). The zero-order valence-electron chi connectivity index (χ0n) is 12.9. The number of carbonyl (C=O) groups excluding carboxylic acids is 2. The molecule has 1 N–H and O–H groups in total. The van der Waals surface area contributed by atoms with Gasteiger partial charge >= 0.3 is 0 Å². The van der Waals surface area contributed by atoms with Crippen LogP contribution in [0.1, 0.15) is 28.8 Å². The molecule has 6 heteroatoms. The van der Waals surface area contributed by atoms with Gasteiger partial charge in [0.05, 0.1) is 18.2 Å². The number of hydrogen-bond donors (Lipinski definition) is 1. The summed E-state index contributed by atoms with van der Waals surface area (Å²) in [4.78, 5) is 26.0. The first-order chi connectivity index (χ1) is 11.2. The maximum Gasteiger partial charge on any atom is 0.257 e. The van der Waals surface area contributed by atoms with Crippen LogP contribution in [-0.2, 0) is 11.2 Å². The third-order valence-electron chi connectivity index (χ3n) is 4.20. The summed E-state index contributed by atoms with van der Waals surface area (Å²) < 4.78 is 4.96. The fourth-order valence-electron chi connectivity index (χ4n) is 2.81. The minimum atomic E-state index is 0.0266. The Balaban J connectivity index is 1.39. The molecule has 0 aliphatic carbocycles. The second-order valence-electron chi connectivity index (χ2n) is 5.86. The summed E-state index contributed by atoms with van der Waals surface area (Å²) in [7, 11) is 0. The molecule has 5 nitrogen and oxygen atoms in total. The number of carbonyl (C=O) groups is 2. The van der Waals surface area contributed by atoms with Gasteiger partial charge in [0.2, 0.25) is 5.91 Å². The molecule has 1 fully saturated rings. The van der Waals surface area contributed by atoms with E-state index in [2.05, 4.69) is 5.32 Å². The fourth-order valence-corrected chi connectivity index (χ4v) is 3.48. The zero-order valence-corrected chi connectivity index (χ0v) is 13.7. The summed E-state index contributed by atoms with van der Waals surface area (Å²) in [5.74, 6) is 0.536. The average molecular weight is 332 g/mol. The molecule has 122 valence electrons. The molecule has 2 amide bonds. The smallest absolute Gasteiger partial charge is 0.257 e. The molecule has 0 radical (unpaired) electrons. The van der Waals surface area contributed by atoms with Crippen molar-refractivity contribution >= 4 is 23.2 Å². The number of nitrogens with zero attached hydrogens (tertiary/aromatic N) is 1. The lowest BCUT2D eigenvalue weighted by Crippen LogP contribution is -2.41. The van der Waals surface area contributed by atoms with Gasteiger partial charge in [0.15, 0.2) is 0 Å². The van der Waals surface area contributed by atoms with Crippen LogP contribution in [0.2, 0.25) is 0 Å².